The zero-order valence-corrected chi connectivity index (χ0v) is 12.4. The van der Waals surface area contributed by atoms with Gasteiger partial charge in [-0.15, -0.1) is 0 Å². The minimum Gasteiger partial charge on any atom is -0.396 e. The second kappa shape index (κ2) is 4.66. The number of anilines is 1. The highest BCUT2D eigenvalue weighted by molar-refractivity contribution is 5.83. The molecular formula is C15H21N5O. The minimum absolute atomic E-state index is 0.0598. The number of aromatic nitrogens is 4. The van der Waals surface area contributed by atoms with Crippen LogP contribution in [-0.4, -0.2) is 44.3 Å². The molecule has 3 heterocycles. The summed E-state index contributed by atoms with van der Waals surface area (Å²) < 4.78 is 1.92. The van der Waals surface area contributed by atoms with Gasteiger partial charge in [-0.2, -0.15) is 0 Å². The fraction of sp³-hybridized carbons (Fsp3) is 0.667. The van der Waals surface area contributed by atoms with Crippen LogP contribution in [0, 0.1) is 11.3 Å². The van der Waals surface area contributed by atoms with Crippen LogP contribution in [0.1, 0.15) is 25.7 Å². The van der Waals surface area contributed by atoms with Crippen molar-refractivity contribution < 1.29 is 5.11 Å². The maximum Gasteiger partial charge on any atom is 0.165 e. The van der Waals surface area contributed by atoms with Crippen LogP contribution in [0.3, 0.4) is 0 Å². The first-order valence-corrected chi connectivity index (χ1v) is 7.71. The molecule has 6 heteroatoms. The van der Waals surface area contributed by atoms with E-state index in [1.807, 2.05) is 11.6 Å². The number of rotatable bonds is 2. The lowest BCUT2D eigenvalue weighted by molar-refractivity contribution is 0.0627. The van der Waals surface area contributed by atoms with Gasteiger partial charge in [-0.25, -0.2) is 15.0 Å². The predicted octanol–water partition coefficient (Wildman–Crippen LogP) is 1.35. The zero-order valence-electron chi connectivity index (χ0n) is 12.4. The van der Waals surface area contributed by atoms with Gasteiger partial charge in [-0.05, 0) is 18.8 Å². The molecule has 0 spiro atoms. The molecule has 0 amide bonds. The maximum absolute atomic E-state index is 9.95. The van der Waals surface area contributed by atoms with E-state index >= 15 is 0 Å². The Morgan fingerprint density at radius 3 is 3.05 bits per heavy atom. The van der Waals surface area contributed by atoms with Crippen LogP contribution in [0.2, 0.25) is 0 Å². The smallest absolute Gasteiger partial charge is 0.165 e. The van der Waals surface area contributed by atoms with Crippen LogP contribution in [0.5, 0.6) is 0 Å². The first kappa shape index (κ1) is 13.0. The minimum atomic E-state index is 0.0598. The summed E-state index contributed by atoms with van der Waals surface area (Å²) in [6.45, 7) is 2.14. The molecular weight excluding hydrogens is 266 g/mol. The summed E-state index contributed by atoms with van der Waals surface area (Å²) in [5.41, 5.74) is 1.80. The maximum atomic E-state index is 9.95. The Labute approximate surface area is 123 Å². The Balaban J connectivity index is 1.73. The third-order valence-corrected chi connectivity index (χ3v) is 5.38. The summed E-state index contributed by atoms with van der Waals surface area (Å²) in [4.78, 5) is 15.6. The van der Waals surface area contributed by atoms with E-state index in [1.165, 1.54) is 19.3 Å². The Morgan fingerprint density at radius 2 is 2.24 bits per heavy atom. The molecule has 0 bridgehead atoms. The van der Waals surface area contributed by atoms with Gasteiger partial charge < -0.3 is 14.6 Å². The van der Waals surface area contributed by atoms with Crippen LogP contribution < -0.4 is 4.90 Å². The lowest BCUT2D eigenvalue weighted by Crippen LogP contribution is -2.37. The Bertz CT molecular complexity index is 669. The monoisotopic (exact) mass is 287 g/mol. The van der Waals surface area contributed by atoms with E-state index in [9.17, 15) is 5.11 Å². The van der Waals surface area contributed by atoms with Crippen molar-refractivity contribution in [1.82, 2.24) is 19.5 Å². The van der Waals surface area contributed by atoms with Crippen LogP contribution in [0.4, 0.5) is 5.82 Å². The van der Waals surface area contributed by atoms with Crippen molar-refractivity contribution in [3.05, 3.63) is 12.7 Å². The first-order chi connectivity index (χ1) is 10.2. The molecule has 2 aromatic heterocycles. The molecule has 1 saturated carbocycles. The Kier molecular flexibility index (Phi) is 2.89. The standard InChI is InChI=1S/C15H21N5O/c1-19-10-18-12-13(19)16-9-17-14(12)20-6-11-4-2-3-5-15(11,7-20)8-21/h9-11,21H,2-8H2,1H3. The number of aliphatic hydroxyl groups excluding tert-OH is 1. The molecule has 2 fully saturated rings. The van der Waals surface area contributed by atoms with Gasteiger partial charge in [0.1, 0.15) is 6.33 Å². The van der Waals surface area contributed by atoms with Gasteiger partial charge in [-0.1, -0.05) is 12.8 Å². The molecule has 1 N–H and O–H groups in total. The largest absolute Gasteiger partial charge is 0.396 e. The third-order valence-electron chi connectivity index (χ3n) is 5.38. The van der Waals surface area contributed by atoms with Crippen LogP contribution in [-0.2, 0) is 7.05 Å². The van der Waals surface area contributed by atoms with Crippen molar-refractivity contribution in [3.63, 3.8) is 0 Å². The summed E-state index contributed by atoms with van der Waals surface area (Å²) in [5.74, 6) is 1.49. The summed E-state index contributed by atoms with van der Waals surface area (Å²) in [6, 6.07) is 0. The van der Waals surface area contributed by atoms with Crippen LogP contribution in [0.15, 0.2) is 12.7 Å². The Morgan fingerprint density at radius 1 is 1.33 bits per heavy atom. The summed E-state index contributed by atoms with van der Waals surface area (Å²) in [7, 11) is 1.95. The van der Waals surface area contributed by atoms with E-state index < -0.39 is 0 Å². The average Bonchev–Trinajstić information content (AvgIpc) is 3.09. The Hall–Kier alpha value is -1.69. The van der Waals surface area contributed by atoms with Gasteiger partial charge in [0.25, 0.3) is 0 Å². The van der Waals surface area contributed by atoms with E-state index in [1.54, 1.807) is 12.7 Å². The predicted molar refractivity (Wildman–Crippen MR) is 80.0 cm³/mol. The number of hydrogen-bond donors (Lipinski definition) is 1. The van der Waals surface area contributed by atoms with Gasteiger partial charge >= 0.3 is 0 Å². The quantitative estimate of drug-likeness (QED) is 0.903. The topological polar surface area (TPSA) is 67.1 Å². The molecule has 2 unspecified atom stereocenters. The molecule has 4 rings (SSSR count). The molecule has 0 radical (unpaired) electrons. The number of hydrogen-bond acceptors (Lipinski definition) is 5. The van der Waals surface area contributed by atoms with Crippen LogP contribution in [0.25, 0.3) is 11.2 Å². The summed E-state index contributed by atoms with van der Waals surface area (Å²) in [6.07, 6.45) is 8.26. The fourth-order valence-electron chi connectivity index (χ4n) is 4.17. The van der Waals surface area contributed by atoms with E-state index in [0.717, 1.165) is 36.5 Å². The highest BCUT2D eigenvalue weighted by Crippen LogP contribution is 2.47. The van der Waals surface area contributed by atoms with Crippen molar-refractivity contribution in [3.8, 4) is 0 Å². The van der Waals surface area contributed by atoms with Crippen molar-refractivity contribution in [2.45, 2.75) is 25.7 Å². The fourth-order valence-corrected chi connectivity index (χ4v) is 4.17. The van der Waals surface area contributed by atoms with Crippen molar-refractivity contribution in [2.24, 2.45) is 18.4 Å². The highest BCUT2D eigenvalue weighted by Gasteiger charge is 2.47. The molecule has 0 aromatic carbocycles. The third kappa shape index (κ3) is 1.85. The van der Waals surface area contributed by atoms with E-state index in [0.29, 0.717) is 5.92 Å². The van der Waals surface area contributed by atoms with Crippen molar-refractivity contribution >= 4 is 17.0 Å². The molecule has 1 aliphatic heterocycles. The van der Waals surface area contributed by atoms with Gasteiger partial charge in [0.2, 0.25) is 0 Å². The van der Waals surface area contributed by atoms with E-state index in [2.05, 4.69) is 19.9 Å². The summed E-state index contributed by atoms with van der Waals surface area (Å²) in [5, 5.41) is 9.95. The van der Waals surface area contributed by atoms with Gasteiger partial charge in [0, 0.05) is 25.6 Å². The second-order valence-corrected chi connectivity index (χ2v) is 6.57. The number of fused-ring (bicyclic) bond motifs is 2. The lowest BCUT2D eigenvalue weighted by Gasteiger charge is -2.36. The van der Waals surface area contributed by atoms with Crippen LogP contribution >= 0.6 is 0 Å². The summed E-state index contributed by atoms with van der Waals surface area (Å²) >= 11 is 0. The SMILES string of the molecule is Cn1cnc2c(N3CC4CCCCC4(CO)C3)ncnc21. The molecule has 112 valence electrons. The first-order valence-electron chi connectivity index (χ1n) is 7.71. The molecule has 21 heavy (non-hydrogen) atoms. The normalized spacial score (nSPS) is 29.0. The molecule has 6 nitrogen and oxygen atoms in total. The van der Waals surface area contributed by atoms with Crippen molar-refractivity contribution in [1.29, 1.82) is 0 Å². The molecule has 1 aliphatic carbocycles. The number of imidazole rings is 1. The lowest BCUT2D eigenvalue weighted by atomic mass is 9.69. The van der Waals surface area contributed by atoms with E-state index in [4.69, 9.17) is 0 Å². The highest BCUT2D eigenvalue weighted by atomic mass is 16.3. The number of aryl methyl sites for hydroxylation is 1. The van der Waals surface area contributed by atoms with E-state index in [-0.39, 0.29) is 12.0 Å². The van der Waals surface area contributed by atoms with Gasteiger partial charge in [0.05, 0.1) is 12.9 Å². The average molecular weight is 287 g/mol. The number of nitrogens with zero attached hydrogens (tertiary/aromatic N) is 5. The molecule has 2 atom stereocenters. The molecule has 2 aliphatic rings. The molecule has 2 aromatic rings. The number of aliphatic hydroxyl groups is 1. The second-order valence-electron chi connectivity index (χ2n) is 6.57. The van der Waals surface area contributed by atoms with Crippen molar-refractivity contribution in [2.75, 3.05) is 24.6 Å². The zero-order chi connectivity index (χ0) is 14.4. The van der Waals surface area contributed by atoms with Gasteiger partial charge in [0.15, 0.2) is 17.0 Å². The van der Waals surface area contributed by atoms with Gasteiger partial charge in [-0.3, -0.25) is 0 Å². The molecule has 1 saturated heterocycles.